The minimum atomic E-state index is 0. The highest BCUT2D eigenvalue weighted by molar-refractivity contribution is 14.0. The lowest BCUT2D eigenvalue weighted by molar-refractivity contribution is -0.00491. The fraction of sp³-hybridized carbons (Fsp3) is 0.632. The largest absolute Gasteiger partial charge is 0.490 e. The summed E-state index contributed by atoms with van der Waals surface area (Å²) in [6.45, 7) is 3.78. The van der Waals surface area contributed by atoms with Gasteiger partial charge in [0.2, 0.25) is 0 Å². The van der Waals surface area contributed by atoms with Crippen LogP contribution in [0.15, 0.2) is 23.2 Å². The van der Waals surface area contributed by atoms with Crippen LogP contribution in [0.5, 0.6) is 11.5 Å². The van der Waals surface area contributed by atoms with Crippen LogP contribution in [0.25, 0.3) is 0 Å². The second kappa shape index (κ2) is 10.3. The van der Waals surface area contributed by atoms with Crippen molar-refractivity contribution >= 4 is 35.6 Å². The summed E-state index contributed by atoms with van der Waals surface area (Å²) in [5.74, 6) is 2.31. The lowest BCUT2D eigenvalue weighted by Gasteiger charge is -2.43. The Morgan fingerprint density at radius 1 is 1.11 bits per heavy atom. The molecule has 2 aliphatic heterocycles. The van der Waals surface area contributed by atoms with Crippen molar-refractivity contribution in [3.05, 3.63) is 18.2 Å². The third-order valence-corrected chi connectivity index (χ3v) is 5.19. The van der Waals surface area contributed by atoms with Crippen molar-refractivity contribution in [2.24, 2.45) is 4.99 Å². The third kappa shape index (κ3) is 5.61. The van der Waals surface area contributed by atoms with Gasteiger partial charge in [-0.3, -0.25) is 4.99 Å². The molecule has 0 aliphatic carbocycles. The molecule has 8 heteroatoms. The summed E-state index contributed by atoms with van der Waals surface area (Å²) in [6.07, 6.45) is 2.92. The molecule has 1 aromatic rings. The smallest absolute Gasteiger partial charge is 0.195 e. The van der Waals surface area contributed by atoms with E-state index in [0.29, 0.717) is 13.2 Å². The number of hydrogen-bond donors (Lipinski definition) is 2. The molecule has 27 heavy (non-hydrogen) atoms. The number of anilines is 1. The molecule has 1 fully saturated rings. The molecule has 0 unspecified atom stereocenters. The normalized spacial score (nSPS) is 19.0. The minimum Gasteiger partial charge on any atom is -0.490 e. The molecule has 0 bridgehead atoms. The van der Waals surface area contributed by atoms with E-state index in [1.807, 2.05) is 18.2 Å². The van der Waals surface area contributed by atoms with E-state index in [4.69, 9.17) is 14.2 Å². The van der Waals surface area contributed by atoms with Gasteiger partial charge in [-0.05, 0) is 39.1 Å². The number of nitrogens with one attached hydrogen (secondary N) is 2. The van der Waals surface area contributed by atoms with Gasteiger partial charge < -0.3 is 29.7 Å². The van der Waals surface area contributed by atoms with E-state index in [0.717, 1.165) is 62.2 Å². The van der Waals surface area contributed by atoms with Crippen LogP contribution in [0, 0.1) is 0 Å². The Kier molecular flexibility index (Phi) is 8.43. The van der Waals surface area contributed by atoms with E-state index < -0.39 is 0 Å². The van der Waals surface area contributed by atoms with Crippen LogP contribution in [0.1, 0.15) is 19.3 Å². The fourth-order valence-corrected chi connectivity index (χ4v) is 3.34. The highest BCUT2D eigenvalue weighted by atomic mass is 127. The fourth-order valence-electron chi connectivity index (χ4n) is 3.34. The Labute approximate surface area is 178 Å². The molecule has 1 aromatic carbocycles. The lowest BCUT2D eigenvalue weighted by atomic mass is 9.88. The zero-order chi connectivity index (χ0) is 18.4. The molecule has 0 amide bonds. The average molecular weight is 490 g/mol. The van der Waals surface area contributed by atoms with Crippen LogP contribution in [0.4, 0.5) is 5.69 Å². The van der Waals surface area contributed by atoms with Crippen molar-refractivity contribution in [1.82, 2.24) is 10.2 Å². The Balaban J connectivity index is 0.00000261. The van der Waals surface area contributed by atoms with Gasteiger partial charge in [-0.1, -0.05) is 0 Å². The summed E-state index contributed by atoms with van der Waals surface area (Å²) < 4.78 is 17.0. The number of benzene rings is 1. The van der Waals surface area contributed by atoms with Crippen LogP contribution in [-0.4, -0.2) is 70.5 Å². The SMILES string of the molecule is CN=C(NCC1(N(C)C)CCOCC1)Nc1ccc2c(c1)OCCCO2.I. The number of rotatable bonds is 4. The number of ether oxygens (including phenoxy) is 3. The Hall–Kier alpha value is -1.26. The van der Waals surface area contributed by atoms with Gasteiger partial charge in [-0.15, -0.1) is 24.0 Å². The maximum absolute atomic E-state index is 5.76. The Bertz CT molecular complexity index is 633. The summed E-state index contributed by atoms with van der Waals surface area (Å²) in [6, 6.07) is 5.89. The predicted octanol–water partition coefficient (Wildman–Crippen LogP) is 2.56. The molecule has 7 nitrogen and oxygen atoms in total. The van der Waals surface area contributed by atoms with Crippen molar-refractivity contribution in [2.45, 2.75) is 24.8 Å². The molecule has 2 heterocycles. The summed E-state index contributed by atoms with van der Waals surface area (Å²) in [5.41, 5.74) is 1.01. The van der Waals surface area contributed by atoms with E-state index in [2.05, 4.69) is 34.6 Å². The molecular weight excluding hydrogens is 459 g/mol. The number of nitrogens with zero attached hydrogens (tertiary/aromatic N) is 2. The first-order valence-corrected chi connectivity index (χ1v) is 9.25. The summed E-state index contributed by atoms with van der Waals surface area (Å²) in [4.78, 5) is 6.66. The molecule has 0 spiro atoms. The third-order valence-electron chi connectivity index (χ3n) is 5.19. The number of guanidine groups is 1. The second-order valence-corrected chi connectivity index (χ2v) is 6.99. The second-order valence-electron chi connectivity index (χ2n) is 6.99. The Morgan fingerprint density at radius 3 is 2.48 bits per heavy atom. The van der Waals surface area contributed by atoms with Gasteiger partial charge in [0.15, 0.2) is 17.5 Å². The Morgan fingerprint density at radius 2 is 1.81 bits per heavy atom. The maximum Gasteiger partial charge on any atom is 0.195 e. The van der Waals surface area contributed by atoms with Gasteiger partial charge in [0.25, 0.3) is 0 Å². The average Bonchev–Trinajstić information content (AvgIpc) is 2.90. The van der Waals surface area contributed by atoms with Crippen molar-refractivity contribution in [2.75, 3.05) is 59.4 Å². The summed E-state index contributed by atoms with van der Waals surface area (Å²) >= 11 is 0. The highest BCUT2D eigenvalue weighted by Gasteiger charge is 2.34. The van der Waals surface area contributed by atoms with Crippen molar-refractivity contribution in [1.29, 1.82) is 0 Å². The van der Waals surface area contributed by atoms with Crippen LogP contribution in [0.2, 0.25) is 0 Å². The van der Waals surface area contributed by atoms with E-state index in [-0.39, 0.29) is 29.5 Å². The topological polar surface area (TPSA) is 67.4 Å². The summed E-state index contributed by atoms with van der Waals surface area (Å²) in [7, 11) is 6.05. The highest BCUT2D eigenvalue weighted by Crippen LogP contribution is 2.32. The maximum atomic E-state index is 5.76. The van der Waals surface area contributed by atoms with Gasteiger partial charge in [0, 0.05) is 50.5 Å². The molecule has 1 saturated heterocycles. The van der Waals surface area contributed by atoms with Crippen LogP contribution < -0.4 is 20.1 Å². The van der Waals surface area contributed by atoms with Crippen molar-refractivity contribution < 1.29 is 14.2 Å². The van der Waals surface area contributed by atoms with Gasteiger partial charge >= 0.3 is 0 Å². The summed E-state index contributed by atoms with van der Waals surface area (Å²) in [5, 5.41) is 6.82. The predicted molar refractivity (Wildman–Crippen MR) is 119 cm³/mol. The monoisotopic (exact) mass is 490 g/mol. The van der Waals surface area contributed by atoms with Gasteiger partial charge in [-0.2, -0.15) is 0 Å². The minimum absolute atomic E-state index is 0. The molecule has 3 rings (SSSR count). The number of halogens is 1. The zero-order valence-corrected chi connectivity index (χ0v) is 18.7. The van der Waals surface area contributed by atoms with E-state index in [9.17, 15) is 0 Å². The van der Waals surface area contributed by atoms with E-state index in [1.165, 1.54) is 0 Å². The van der Waals surface area contributed by atoms with E-state index >= 15 is 0 Å². The van der Waals surface area contributed by atoms with Gasteiger partial charge in [0.05, 0.1) is 13.2 Å². The molecular formula is C19H31IN4O3. The molecule has 152 valence electrons. The molecule has 0 radical (unpaired) electrons. The lowest BCUT2D eigenvalue weighted by Crippen LogP contribution is -2.56. The number of fused-ring (bicyclic) bond motifs is 1. The first-order valence-electron chi connectivity index (χ1n) is 9.25. The first-order chi connectivity index (χ1) is 12.6. The number of hydrogen-bond acceptors (Lipinski definition) is 5. The van der Waals surface area contributed by atoms with E-state index in [1.54, 1.807) is 7.05 Å². The molecule has 2 aliphatic rings. The van der Waals surface area contributed by atoms with Crippen LogP contribution in [-0.2, 0) is 4.74 Å². The number of likely N-dealkylation sites (N-methyl/N-ethyl adjacent to an activating group) is 1. The molecule has 0 atom stereocenters. The molecule has 0 aromatic heterocycles. The van der Waals surface area contributed by atoms with Crippen LogP contribution in [0.3, 0.4) is 0 Å². The van der Waals surface area contributed by atoms with Crippen LogP contribution >= 0.6 is 24.0 Å². The standard InChI is InChI=1S/C19H30N4O3.HI/c1-20-18(21-14-19(23(2)3)7-11-24-12-8-19)22-15-5-6-16-17(13-15)26-10-4-9-25-16;/h5-6,13H,4,7-12,14H2,1-3H3,(H2,20,21,22);1H. The number of aliphatic imine (C=N–C) groups is 1. The molecule has 2 N–H and O–H groups in total. The first kappa shape index (κ1) is 22.0. The molecule has 0 saturated carbocycles. The van der Waals surface area contributed by atoms with Crippen molar-refractivity contribution in [3.8, 4) is 11.5 Å². The van der Waals surface area contributed by atoms with Crippen molar-refractivity contribution in [3.63, 3.8) is 0 Å². The van der Waals surface area contributed by atoms with Gasteiger partial charge in [-0.25, -0.2) is 0 Å². The zero-order valence-electron chi connectivity index (χ0n) is 16.4. The quantitative estimate of drug-likeness (QED) is 0.385. The van der Waals surface area contributed by atoms with Gasteiger partial charge in [0.1, 0.15) is 0 Å².